The molecule has 1 atom stereocenters. The van der Waals surface area contributed by atoms with Crippen molar-refractivity contribution in [1.29, 1.82) is 0 Å². The fourth-order valence-corrected chi connectivity index (χ4v) is 3.15. The zero-order chi connectivity index (χ0) is 14.5. The number of sulfonamides is 1. The van der Waals surface area contributed by atoms with Crippen LogP contribution in [0.3, 0.4) is 0 Å². The van der Waals surface area contributed by atoms with Gasteiger partial charge in [0.1, 0.15) is 0 Å². The summed E-state index contributed by atoms with van der Waals surface area (Å²) in [5.41, 5.74) is 1.00. The zero-order valence-electron chi connectivity index (χ0n) is 10.9. The Morgan fingerprint density at radius 1 is 1.37 bits per heavy atom. The minimum absolute atomic E-state index is 0.00360. The summed E-state index contributed by atoms with van der Waals surface area (Å²) in [6.07, 6.45) is -0.841. The van der Waals surface area contributed by atoms with Crippen molar-refractivity contribution >= 4 is 26.0 Å². The average Bonchev–Trinajstić information content (AvgIpc) is 2.39. The maximum absolute atomic E-state index is 12.2. The number of halogens is 1. The Morgan fingerprint density at radius 2 is 1.95 bits per heavy atom. The van der Waals surface area contributed by atoms with Gasteiger partial charge in [0.2, 0.25) is 10.0 Å². The third-order valence-electron chi connectivity index (χ3n) is 2.61. The van der Waals surface area contributed by atoms with Crippen LogP contribution in [0.4, 0.5) is 0 Å². The molecule has 0 amide bonds. The normalized spacial score (nSPS) is 13.7. The summed E-state index contributed by atoms with van der Waals surface area (Å²) in [5.74, 6) is 0. The molecule has 1 aromatic carbocycles. The van der Waals surface area contributed by atoms with Crippen LogP contribution in [0.15, 0.2) is 29.2 Å². The van der Waals surface area contributed by atoms with Crippen molar-refractivity contribution in [3.8, 4) is 0 Å². The molecule has 0 fully saturated rings. The number of alkyl halides is 1. The third kappa shape index (κ3) is 4.54. The lowest BCUT2D eigenvalue weighted by atomic mass is 10.2. The van der Waals surface area contributed by atoms with E-state index in [0.29, 0.717) is 5.33 Å². The molecular formula is C12H18BrNO4S. The lowest BCUT2D eigenvalue weighted by Gasteiger charge is -2.20. The highest BCUT2D eigenvalue weighted by molar-refractivity contribution is 9.08. The van der Waals surface area contributed by atoms with E-state index in [-0.39, 0.29) is 18.0 Å². The molecule has 0 aliphatic heterocycles. The molecule has 0 aliphatic carbocycles. The van der Waals surface area contributed by atoms with Gasteiger partial charge in [-0.2, -0.15) is 4.31 Å². The summed E-state index contributed by atoms with van der Waals surface area (Å²) < 4.78 is 30.4. The van der Waals surface area contributed by atoms with Gasteiger partial charge in [-0.15, -0.1) is 0 Å². The quantitative estimate of drug-likeness (QED) is 0.749. The van der Waals surface area contributed by atoms with Gasteiger partial charge < -0.3 is 9.84 Å². The van der Waals surface area contributed by atoms with Crippen LogP contribution in [0.25, 0.3) is 0 Å². The minimum Gasteiger partial charge on any atom is -0.389 e. The Bertz CT molecular complexity index is 489. The Labute approximate surface area is 122 Å². The Hall–Kier alpha value is -0.470. The summed E-state index contributed by atoms with van der Waals surface area (Å²) in [4.78, 5) is 0.212. The van der Waals surface area contributed by atoms with E-state index in [2.05, 4.69) is 15.9 Å². The average molecular weight is 352 g/mol. The van der Waals surface area contributed by atoms with E-state index < -0.39 is 16.1 Å². The van der Waals surface area contributed by atoms with Gasteiger partial charge in [0, 0.05) is 26.0 Å². The third-order valence-corrected chi connectivity index (χ3v) is 5.10. The van der Waals surface area contributed by atoms with Crippen molar-refractivity contribution < 1.29 is 18.3 Å². The first-order valence-corrected chi connectivity index (χ1v) is 8.26. The van der Waals surface area contributed by atoms with Crippen molar-refractivity contribution in [2.24, 2.45) is 0 Å². The molecule has 19 heavy (non-hydrogen) atoms. The topological polar surface area (TPSA) is 66.8 Å². The molecule has 5 nitrogen and oxygen atoms in total. The Kier molecular flexibility index (Phi) is 6.41. The molecule has 0 radical (unpaired) electrons. The number of methoxy groups -OCH3 is 1. The summed E-state index contributed by atoms with van der Waals surface area (Å²) in [5, 5.41) is 10.3. The molecule has 0 aromatic heterocycles. The van der Waals surface area contributed by atoms with Crippen LogP contribution < -0.4 is 0 Å². The molecule has 108 valence electrons. The lowest BCUT2D eigenvalue weighted by Crippen LogP contribution is -2.36. The van der Waals surface area contributed by atoms with Crippen molar-refractivity contribution in [3.63, 3.8) is 0 Å². The van der Waals surface area contributed by atoms with Crippen LogP contribution in [-0.2, 0) is 20.1 Å². The van der Waals surface area contributed by atoms with Crippen LogP contribution in [0.1, 0.15) is 5.56 Å². The molecule has 0 spiro atoms. The molecule has 1 rings (SSSR count). The number of hydrogen-bond acceptors (Lipinski definition) is 4. The molecule has 1 unspecified atom stereocenters. The molecule has 1 aromatic rings. The van der Waals surface area contributed by atoms with Crippen molar-refractivity contribution in [3.05, 3.63) is 29.8 Å². The van der Waals surface area contributed by atoms with E-state index in [1.165, 1.54) is 14.2 Å². The van der Waals surface area contributed by atoms with Crippen LogP contribution in [0.5, 0.6) is 0 Å². The highest BCUT2D eigenvalue weighted by Gasteiger charge is 2.22. The second-order valence-corrected chi connectivity index (χ2v) is 6.78. The zero-order valence-corrected chi connectivity index (χ0v) is 13.3. The van der Waals surface area contributed by atoms with Gasteiger partial charge in [-0.1, -0.05) is 28.1 Å². The fourth-order valence-electron chi connectivity index (χ4n) is 1.57. The van der Waals surface area contributed by atoms with Gasteiger partial charge in [0.05, 0.1) is 17.6 Å². The number of ether oxygens (including phenoxy) is 1. The fraction of sp³-hybridized carbons (Fsp3) is 0.500. The molecule has 0 aliphatic rings. The second-order valence-electron chi connectivity index (χ2n) is 4.17. The van der Waals surface area contributed by atoms with Gasteiger partial charge in [0.15, 0.2) is 0 Å². The first-order chi connectivity index (χ1) is 8.91. The first-order valence-electron chi connectivity index (χ1n) is 5.70. The smallest absolute Gasteiger partial charge is 0.242 e. The minimum atomic E-state index is -3.57. The van der Waals surface area contributed by atoms with Crippen LogP contribution >= 0.6 is 15.9 Å². The van der Waals surface area contributed by atoms with E-state index in [9.17, 15) is 13.5 Å². The van der Waals surface area contributed by atoms with E-state index in [1.807, 2.05) is 0 Å². The molecule has 0 bridgehead atoms. The largest absolute Gasteiger partial charge is 0.389 e. The monoisotopic (exact) mass is 351 g/mol. The Balaban J connectivity index is 2.83. The predicted octanol–water partition coefficient (Wildman–Crippen LogP) is 1.21. The lowest BCUT2D eigenvalue weighted by molar-refractivity contribution is 0.0554. The number of nitrogens with zero attached hydrogens (tertiary/aromatic N) is 1. The van der Waals surface area contributed by atoms with Gasteiger partial charge in [-0.05, 0) is 17.7 Å². The molecule has 1 N–H and O–H groups in total. The predicted molar refractivity (Wildman–Crippen MR) is 76.8 cm³/mol. The van der Waals surface area contributed by atoms with Crippen molar-refractivity contribution in [2.45, 2.75) is 16.3 Å². The first kappa shape index (κ1) is 16.6. The summed E-state index contributed by atoms with van der Waals surface area (Å²) >= 11 is 3.30. The van der Waals surface area contributed by atoms with E-state index in [4.69, 9.17) is 4.74 Å². The summed E-state index contributed by atoms with van der Waals surface area (Å²) in [7, 11) is -0.683. The summed E-state index contributed by atoms with van der Waals surface area (Å²) in [6, 6.07) is 6.62. The van der Waals surface area contributed by atoms with Gasteiger partial charge in [-0.25, -0.2) is 8.42 Å². The maximum atomic E-state index is 12.2. The number of aliphatic hydroxyl groups is 1. The van der Waals surface area contributed by atoms with Gasteiger partial charge in [0.25, 0.3) is 0 Å². The number of aliphatic hydroxyl groups excluding tert-OH is 1. The molecule has 0 saturated carbocycles. The van der Waals surface area contributed by atoms with Crippen molar-refractivity contribution in [1.82, 2.24) is 4.31 Å². The van der Waals surface area contributed by atoms with Crippen LogP contribution in [0, 0.1) is 0 Å². The Morgan fingerprint density at radius 3 is 2.42 bits per heavy atom. The van der Waals surface area contributed by atoms with Crippen LogP contribution in [-0.4, -0.2) is 51.2 Å². The van der Waals surface area contributed by atoms with Gasteiger partial charge in [-0.3, -0.25) is 0 Å². The molecule has 0 saturated heterocycles. The molecule has 0 heterocycles. The summed E-state index contributed by atoms with van der Waals surface area (Å²) in [6.45, 7) is 0.0960. The molecule has 7 heteroatoms. The highest BCUT2D eigenvalue weighted by atomic mass is 79.9. The number of rotatable bonds is 7. The van der Waals surface area contributed by atoms with E-state index in [1.54, 1.807) is 24.3 Å². The SMILES string of the molecule is COCC(O)CN(C)S(=O)(=O)c1ccc(CBr)cc1. The second kappa shape index (κ2) is 7.35. The van der Waals surface area contributed by atoms with Crippen LogP contribution in [0.2, 0.25) is 0 Å². The van der Waals surface area contributed by atoms with E-state index >= 15 is 0 Å². The standard InChI is InChI=1S/C12H18BrNO4S/c1-14(8-11(15)9-18-2)19(16,17)12-5-3-10(7-13)4-6-12/h3-6,11,15H,7-9H2,1-2H3. The maximum Gasteiger partial charge on any atom is 0.242 e. The van der Waals surface area contributed by atoms with E-state index in [0.717, 1.165) is 9.87 Å². The number of hydrogen-bond donors (Lipinski definition) is 1. The van der Waals surface area contributed by atoms with Crippen molar-refractivity contribution in [2.75, 3.05) is 27.3 Å². The number of benzene rings is 1. The molecular weight excluding hydrogens is 334 g/mol. The van der Waals surface area contributed by atoms with Gasteiger partial charge >= 0.3 is 0 Å². The number of likely N-dealkylation sites (N-methyl/N-ethyl adjacent to an activating group) is 1. The highest BCUT2D eigenvalue weighted by Crippen LogP contribution is 2.16.